The van der Waals surface area contributed by atoms with Crippen molar-refractivity contribution in [1.29, 1.82) is 0 Å². The molecule has 0 aliphatic heterocycles. The number of nitrogens with two attached hydrogens (primary N) is 1. The fourth-order valence-corrected chi connectivity index (χ4v) is 2.24. The van der Waals surface area contributed by atoms with E-state index in [2.05, 4.69) is 30.3 Å². The first-order valence-electron chi connectivity index (χ1n) is 5.25. The molecule has 1 aromatic carbocycles. The van der Waals surface area contributed by atoms with Crippen molar-refractivity contribution in [2.75, 3.05) is 5.73 Å². The lowest BCUT2D eigenvalue weighted by Gasteiger charge is -2.23. The number of rotatable bonds is 0. The molecule has 0 fully saturated rings. The Balaban J connectivity index is 2.84. The minimum atomic E-state index is -0.0156. The highest BCUT2D eigenvalue weighted by atomic mass is 35.5. The Labute approximate surface area is 100 Å². The van der Waals surface area contributed by atoms with Crippen LogP contribution in [-0.2, 0) is 5.54 Å². The van der Waals surface area contributed by atoms with E-state index in [0.717, 1.165) is 16.9 Å². The van der Waals surface area contributed by atoms with E-state index in [0.29, 0.717) is 10.7 Å². The van der Waals surface area contributed by atoms with Crippen LogP contribution in [0.25, 0.3) is 11.0 Å². The van der Waals surface area contributed by atoms with E-state index < -0.39 is 0 Å². The summed E-state index contributed by atoms with van der Waals surface area (Å²) in [7, 11) is 0. The number of nitrogen functional groups attached to an aromatic ring is 1. The zero-order valence-electron chi connectivity index (χ0n) is 10.0. The van der Waals surface area contributed by atoms with Crippen molar-refractivity contribution in [3.63, 3.8) is 0 Å². The third-order valence-corrected chi connectivity index (χ3v) is 2.94. The molecule has 16 heavy (non-hydrogen) atoms. The van der Waals surface area contributed by atoms with Gasteiger partial charge in [-0.05, 0) is 39.8 Å². The smallest absolute Gasteiger partial charge is 0.107 e. The van der Waals surface area contributed by atoms with Gasteiger partial charge in [-0.1, -0.05) is 11.6 Å². The standard InChI is InChI=1S/C12H16ClN3/c1-7-15-10-6-9(14)8(13)5-11(10)16(7)12(2,3)4/h5-6H,14H2,1-4H3. The van der Waals surface area contributed by atoms with Gasteiger partial charge in [0.25, 0.3) is 0 Å². The first-order valence-corrected chi connectivity index (χ1v) is 5.63. The second-order valence-electron chi connectivity index (χ2n) is 5.03. The molecule has 86 valence electrons. The summed E-state index contributed by atoms with van der Waals surface area (Å²) >= 11 is 6.05. The summed E-state index contributed by atoms with van der Waals surface area (Å²) in [6.45, 7) is 8.43. The van der Waals surface area contributed by atoms with E-state index in [4.69, 9.17) is 17.3 Å². The van der Waals surface area contributed by atoms with E-state index in [1.165, 1.54) is 0 Å². The van der Waals surface area contributed by atoms with Crippen molar-refractivity contribution in [2.24, 2.45) is 0 Å². The lowest BCUT2D eigenvalue weighted by atomic mass is 10.1. The molecule has 0 atom stereocenters. The number of aryl methyl sites for hydroxylation is 1. The van der Waals surface area contributed by atoms with Crippen molar-refractivity contribution in [3.8, 4) is 0 Å². The van der Waals surface area contributed by atoms with Crippen LogP contribution >= 0.6 is 11.6 Å². The van der Waals surface area contributed by atoms with Crippen LogP contribution in [0.1, 0.15) is 26.6 Å². The van der Waals surface area contributed by atoms with Crippen molar-refractivity contribution >= 4 is 28.3 Å². The van der Waals surface area contributed by atoms with Crippen LogP contribution in [0.4, 0.5) is 5.69 Å². The summed E-state index contributed by atoms with van der Waals surface area (Å²) in [5.74, 6) is 0.976. The second kappa shape index (κ2) is 3.39. The van der Waals surface area contributed by atoms with E-state index >= 15 is 0 Å². The molecule has 0 aliphatic rings. The van der Waals surface area contributed by atoms with Gasteiger partial charge >= 0.3 is 0 Å². The van der Waals surface area contributed by atoms with Gasteiger partial charge < -0.3 is 10.3 Å². The van der Waals surface area contributed by atoms with Crippen molar-refractivity contribution in [2.45, 2.75) is 33.2 Å². The van der Waals surface area contributed by atoms with Crippen LogP contribution in [0.2, 0.25) is 5.02 Å². The van der Waals surface area contributed by atoms with Crippen LogP contribution in [-0.4, -0.2) is 9.55 Å². The number of halogens is 1. The lowest BCUT2D eigenvalue weighted by molar-refractivity contribution is 0.400. The van der Waals surface area contributed by atoms with E-state index in [1.54, 1.807) is 0 Å². The van der Waals surface area contributed by atoms with Crippen molar-refractivity contribution in [3.05, 3.63) is 23.0 Å². The third kappa shape index (κ3) is 1.65. The number of aromatic nitrogens is 2. The quantitative estimate of drug-likeness (QED) is 0.715. The summed E-state index contributed by atoms with van der Waals surface area (Å²) in [6.07, 6.45) is 0. The summed E-state index contributed by atoms with van der Waals surface area (Å²) < 4.78 is 2.17. The topological polar surface area (TPSA) is 43.8 Å². The van der Waals surface area contributed by atoms with Gasteiger partial charge in [-0.25, -0.2) is 4.98 Å². The Bertz CT molecular complexity index is 549. The maximum Gasteiger partial charge on any atom is 0.107 e. The molecule has 0 spiro atoms. The minimum absolute atomic E-state index is 0.0156. The fourth-order valence-electron chi connectivity index (χ4n) is 2.08. The molecule has 0 saturated heterocycles. The lowest BCUT2D eigenvalue weighted by Crippen LogP contribution is -2.22. The number of nitrogens with zero attached hydrogens (tertiary/aromatic N) is 2. The minimum Gasteiger partial charge on any atom is -0.397 e. The maximum atomic E-state index is 6.05. The first kappa shape index (κ1) is 11.3. The fraction of sp³-hybridized carbons (Fsp3) is 0.417. The van der Waals surface area contributed by atoms with Crippen molar-refractivity contribution in [1.82, 2.24) is 9.55 Å². The average Bonchev–Trinajstić information content (AvgIpc) is 2.40. The second-order valence-corrected chi connectivity index (χ2v) is 5.43. The molecule has 0 saturated carbocycles. The summed E-state index contributed by atoms with van der Waals surface area (Å²) in [5, 5.41) is 0.581. The predicted molar refractivity (Wildman–Crippen MR) is 68.9 cm³/mol. The number of hydrogen-bond donors (Lipinski definition) is 1. The zero-order valence-corrected chi connectivity index (χ0v) is 10.8. The largest absolute Gasteiger partial charge is 0.397 e. The van der Waals surface area contributed by atoms with Gasteiger partial charge in [-0.15, -0.1) is 0 Å². The molecule has 2 aromatic rings. The molecule has 1 heterocycles. The molecule has 1 aromatic heterocycles. The maximum absolute atomic E-state index is 6.05. The Morgan fingerprint density at radius 2 is 1.94 bits per heavy atom. The summed E-state index contributed by atoms with van der Waals surface area (Å²) in [4.78, 5) is 4.51. The first-order chi connectivity index (χ1) is 7.30. The van der Waals surface area contributed by atoms with Gasteiger partial charge in [0.2, 0.25) is 0 Å². The number of imidazole rings is 1. The SMILES string of the molecule is Cc1nc2cc(N)c(Cl)cc2n1C(C)(C)C. The predicted octanol–water partition coefficient (Wildman–Crippen LogP) is 3.34. The van der Waals surface area contributed by atoms with E-state index in [9.17, 15) is 0 Å². The summed E-state index contributed by atoms with van der Waals surface area (Å²) in [5.41, 5.74) is 8.26. The molecule has 2 N–H and O–H groups in total. The molecule has 0 amide bonds. The van der Waals surface area contributed by atoms with Gasteiger partial charge in [0.15, 0.2) is 0 Å². The monoisotopic (exact) mass is 237 g/mol. The van der Waals surface area contributed by atoms with Crippen LogP contribution in [0.5, 0.6) is 0 Å². The van der Waals surface area contributed by atoms with Gasteiger partial charge in [0, 0.05) is 5.54 Å². The normalized spacial score (nSPS) is 12.3. The Kier molecular flexibility index (Phi) is 2.39. The molecule has 2 rings (SSSR count). The molecule has 0 radical (unpaired) electrons. The van der Waals surface area contributed by atoms with Gasteiger partial charge in [0.1, 0.15) is 5.82 Å². The van der Waals surface area contributed by atoms with Crippen molar-refractivity contribution < 1.29 is 0 Å². The van der Waals surface area contributed by atoms with E-state index in [-0.39, 0.29) is 5.54 Å². The van der Waals surface area contributed by atoms with Gasteiger partial charge in [-0.2, -0.15) is 0 Å². The Hall–Kier alpha value is -1.22. The molecule has 0 unspecified atom stereocenters. The average molecular weight is 238 g/mol. The van der Waals surface area contributed by atoms with E-state index in [1.807, 2.05) is 19.1 Å². The van der Waals surface area contributed by atoms with Crippen LogP contribution in [0, 0.1) is 6.92 Å². The molecule has 0 bridgehead atoms. The highest BCUT2D eigenvalue weighted by Gasteiger charge is 2.19. The Morgan fingerprint density at radius 1 is 1.31 bits per heavy atom. The summed E-state index contributed by atoms with van der Waals surface area (Å²) in [6, 6.07) is 3.71. The van der Waals surface area contributed by atoms with Gasteiger partial charge in [-0.3, -0.25) is 0 Å². The Morgan fingerprint density at radius 3 is 2.50 bits per heavy atom. The number of benzene rings is 1. The number of fused-ring (bicyclic) bond motifs is 1. The highest BCUT2D eigenvalue weighted by Crippen LogP contribution is 2.30. The molecule has 4 heteroatoms. The number of anilines is 1. The number of hydrogen-bond acceptors (Lipinski definition) is 2. The molecular formula is C12H16ClN3. The zero-order chi connectivity index (χ0) is 12.1. The molecule has 3 nitrogen and oxygen atoms in total. The molecule has 0 aliphatic carbocycles. The van der Waals surface area contributed by atoms with Gasteiger partial charge in [0.05, 0.1) is 21.7 Å². The highest BCUT2D eigenvalue weighted by molar-refractivity contribution is 6.33. The molecular weight excluding hydrogens is 222 g/mol. The van der Waals surface area contributed by atoms with Crippen LogP contribution in [0.3, 0.4) is 0 Å². The van der Waals surface area contributed by atoms with Crippen LogP contribution in [0.15, 0.2) is 12.1 Å². The third-order valence-electron chi connectivity index (χ3n) is 2.61. The van der Waals surface area contributed by atoms with Crippen LogP contribution < -0.4 is 5.73 Å².